The summed E-state index contributed by atoms with van der Waals surface area (Å²) in [5.41, 5.74) is 1.12. The minimum Gasteiger partial charge on any atom is -0.462 e. The van der Waals surface area contributed by atoms with Crippen LogP contribution >= 0.6 is 0 Å². The molecular weight excluding hydrogens is 235 g/mol. The first-order chi connectivity index (χ1) is 8.61. The van der Waals surface area contributed by atoms with Crippen LogP contribution in [0.5, 0.6) is 0 Å². The average Bonchev–Trinajstić information content (AvgIpc) is 2.72. The molecule has 3 nitrogen and oxygen atoms in total. The fourth-order valence-electron chi connectivity index (χ4n) is 1.65. The molecule has 0 aliphatic carbocycles. The number of esters is 1. The summed E-state index contributed by atoms with van der Waals surface area (Å²) >= 11 is 0. The molecule has 0 atom stereocenters. The molecule has 0 spiro atoms. The van der Waals surface area contributed by atoms with Gasteiger partial charge in [-0.25, -0.2) is 9.18 Å². The number of furan rings is 1. The van der Waals surface area contributed by atoms with Crippen LogP contribution in [0.25, 0.3) is 11.3 Å². The quantitative estimate of drug-likeness (QED) is 0.779. The highest BCUT2D eigenvalue weighted by molar-refractivity contribution is 5.91. The van der Waals surface area contributed by atoms with Crippen molar-refractivity contribution >= 4 is 5.97 Å². The lowest BCUT2D eigenvalue weighted by atomic mass is 10.1. The van der Waals surface area contributed by atoms with Gasteiger partial charge >= 0.3 is 5.97 Å². The Kier molecular flexibility index (Phi) is 3.46. The second kappa shape index (κ2) is 5.04. The van der Waals surface area contributed by atoms with E-state index < -0.39 is 5.97 Å². The standard InChI is InChI=1S/C14H13FO3/c1-3-17-14(16)12-8-13(18-9(12)2)10-4-6-11(15)7-5-10/h4-8H,3H2,1-2H3. The number of rotatable bonds is 3. The Labute approximate surface area is 104 Å². The third-order valence-corrected chi connectivity index (χ3v) is 2.54. The van der Waals surface area contributed by atoms with Crippen LogP contribution in [0.2, 0.25) is 0 Å². The fraction of sp³-hybridized carbons (Fsp3) is 0.214. The number of hydrogen-bond acceptors (Lipinski definition) is 3. The molecule has 1 heterocycles. The van der Waals surface area contributed by atoms with Gasteiger partial charge in [-0.1, -0.05) is 0 Å². The lowest BCUT2D eigenvalue weighted by Crippen LogP contribution is -2.04. The fourth-order valence-corrected chi connectivity index (χ4v) is 1.65. The Morgan fingerprint density at radius 2 is 2.00 bits per heavy atom. The number of aryl methyl sites for hydroxylation is 1. The minimum absolute atomic E-state index is 0.312. The predicted octanol–water partition coefficient (Wildman–Crippen LogP) is 3.57. The average molecular weight is 248 g/mol. The van der Waals surface area contributed by atoms with E-state index in [2.05, 4.69) is 0 Å². The maximum absolute atomic E-state index is 12.8. The molecule has 0 aliphatic rings. The highest BCUT2D eigenvalue weighted by atomic mass is 19.1. The maximum atomic E-state index is 12.8. The van der Waals surface area contributed by atoms with Gasteiger partial charge in [-0.3, -0.25) is 0 Å². The van der Waals surface area contributed by atoms with E-state index >= 15 is 0 Å². The summed E-state index contributed by atoms with van der Waals surface area (Å²) in [5.74, 6) is 0.295. The van der Waals surface area contributed by atoms with E-state index in [9.17, 15) is 9.18 Å². The van der Waals surface area contributed by atoms with Gasteiger partial charge in [0, 0.05) is 5.56 Å². The zero-order chi connectivity index (χ0) is 13.1. The molecule has 0 aliphatic heterocycles. The Hall–Kier alpha value is -2.10. The van der Waals surface area contributed by atoms with Crippen molar-refractivity contribution in [2.24, 2.45) is 0 Å². The molecule has 4 heteroatoms. The van der Waals surface area contributed by atoms with Gasteiger partial charge < -0.3 is 9.15 Å². The molecule has 0 saturated heterocycles. The Morgan fingerprint density at radius 1 is 1.33 bits per heavy atom. The normalized spacial score (nSPS) is 10.4. The SMILES string of the molecule is CCOC(=O)c1cc(-c2ccc(F)cc2)oc1C. The molecule has 0 saturated carbocycles. The molecule has 94 valence electrons. The van der Waals surface area contributed by atoms with E-state index in [1.165, 1.54) is 12.1 Å². The van der Waals surface area contributed by atoms with E-state index in [-0.39, 0.29) is 5.82 Å². The number of carbonyl (C=O) groups is 1. The minimum atomic E-state index is -0.410. The van der Waals surface area contributed by atoms with Crippen LogP contribution in [0.1, 0.15) is 23.0 Å². The van der Waals surface area contributed by atoms with Gasteiger partial charge in [-0.15, -0.1) is 0 Å². The molecule has 0 unspecified atom stereocenters. The van der Waals surface area contributed by atoms with Crippen LogP contribution in [0.3, 0.4) is 0 Å². The first kappa shape index (κ1) is 12.4. The summed E-state index contributed by atoms with van der Waals surface area (Å²) in [6, 6.07) is 7.50. The predicted molar refractivity (Wildman–Crippen MR) is 64.8 cm³/mol. The van der Waals surface area contributed by atoms with Crippen LogP contribution < -0.4 is 0 Å². The molecule has 0 amide bonds. The second-order valence-electron chi connectivity index (χ2n) is 3.81. The van der Waals surface area contributed by atoms with Crippen molar-refractivity contribution in [3.63, 3.8) is 0 Å². The van der Waals surface area contributed by atoms with E-state index in [1.807, 2.05) is 0 Å². The van der Waals surface area contributed by atoms with Crippen LogP contribution in [0.15, 0.2) is 34.7 Å². The van der Waals surface area contributed by atoms with Crippen LogP contribution in [0, 0.1) is 12.7 Å². The summed E-state index contributed by atoms with van der Waals surface area (Å²) in [5, 5.41) is 0. The summed E-state index contributed by atoms with van der Waals surface area (Å²) in [6.45, 7) is 3.75. The van der Waals surface area contributed by atoms with Gasteiger partial charge in [0.2, 0.25) is 0 Å². The van der Waals surface area contributed by atoms with E-state index in [4.69, 9.17) is 9.15 Å². The van der Waals surface area contributed by atoms with Gasteiger partial charge in [0.05, 0.1) is 6.61 Å². The summed E-state index contributed by atoms with van der Waals surface area (Å²) in [4.78, 5) is 11.6. The molecule has 0 bridgehead atoms. The smallest absolute Gasteiger partial charge is 0.341 e. The van der Waals surface area contributed by atoms with Gasteiger partial charge in [0.1, 0.15) is 22.9 Å². The number of carbonyl (C=O) groups excluding carboxylic acids is 1. The topological polar surface area (TPSA) is 39.4 Å². The Balaban J connectivity index is 2.34. The maximum Gasteiger partial charge on any atom is 0.341 e. The Morgan fingerprint density at radius 3 is 2.61 bits per heavy atom. The molecule has 0 N–H and O–H groups in total. The van der Waals surface area contributed by atoms with Crippen LogP contribution in [-0.4, -0.2) is 12.6 Å². The monoisotopic (exact) mass is 248 g/mol. The van der Waals surface area contributed by atoms with Gasteiger partial charge in [-0.2, -0.15) is 0 Å². The van der Waals surface area contributed by atoms with Crippen molar-refractivity contribution in [2.75, 3.05) is 6.61 Å². The summed E-state index contributed by atoms with van der Waals surface area (Å²) < 4.78 is 23.2. The molecule has 2 rings (SSSR count). The van der Waals surface area contributed by atoms with E-state index in [0.29, 0.717) is 23.7 Å². The zero-order valence-electron chi connectivity index (χ0n) is 10.2. The van der Waals surface area contributed by atoms with Crippen molar-refractivity contribution in [1.82, 2.24) is 0 Å². The van der Waals surface area contributed by atoms with Gasteiger partial charge in [0.15, 0.2) is 0 Å². The van der Waals surface area contributed by atoms with Crippen molar-refractivity contribution in [1.29, 1.82) is 0 Å². The molecule has 2 aromatic rings. The van der Waals surface area contributed by atoms with Crippen molar-refractivity contribution < 1.29 is 18.3 Å². The van der Waals surface area contributed by atoms with Crippen molar-refractivity contribution in [3.05, 3.63) is 47.5 Å². The van der Waals surface area contributed by atoms with Crippen LogP contribution in [0.4, 0.5) is 4.39 Å². The van der Waals surface area contributed by atoms with Crippen LogP contribution in [-0.2, 0) is 4.74 Å². The first-order valence-corrected chi connectivity index (χ1v) is 5.65. The number of hydrogen-bond donors (Lipinski definition) is 0. The third-order valence-electron chi connectivity index (χ3n) is 2.54. The lowest BCUT2D eigenvalue weighted by Gasteiger charge is -1.97. The van der Waals surface area contributed by atoms with Gasteiger partial charge in [0.25, 0.3) is 0 Å². The molecule has 18 heavy (non-hydrogen) atoms. The number of ether oxygens (including phenoxy) is 1. The molecule has 0 fully saturated rings. The second-order valence-corrected chi connectivity index (χ2v) is 3.81. The molecule has 1 aromatic heterocycles. The van der Waals surface area contributed by atoms with Gasteiger partial charge in [-0.05, 0) is 44.2 Å². The third kappa shape index (κ3) is 2.42. The largest absolute Gasteiger partial charge is 0.462 e. The van der Waals surface area contributed by atoms with E-state index in [0.717, 1.165) is 5.56 Å². The van der Waals surface area contributed by atoms with Crippen molar-refractivity contribution in [2.45, 2.75) is 13.8 Å². The summed E-state index contributed by atoms with van der Waals surface area (Å²) in [7, 11) is 0. The highest BCUT2D eigenvalue weighted by Gasteiger charge is 2.16. The Bertz CT molecular complexity index is 555. The highest BCUT2D eigenvalue weighted by Crippen LogP contribution is 2.26. The molecule has 1 aromatic carbocycles. The number of halogens is 1. The van der Waals surface area contributed by atoms with Crippen molar-refractivity contribution in [3.8, 4) is 11.3 Å². The molecular formula is C14H13FO3. The molecule has 0 radical (unpaired) electrons. The number of benzene rings is 1. The van der Waals surface area contributed by atoms with E-state index in [1.54, 1.807) is 32.0 Å². The lowest BCUT2D eigenvalue weighted by molar-refractivity contribution is 0.0524. The summed E-state index contributed by atoms with van der Waals surface area (Å²) in [6.07, 6.45) is 0. The first-order valence-electron chi connectivity index (χ1n) is 5.65. The zero-order valence-corrected chi connectivity index (χ0v) is 10.2.